The molecule has 3 N–H and O–H groups in total. The molecule has 0 atom stereocenters. The van der Waals surface area contributed by atoms with Gasteiger partial charge in [-0.25, -0.2) is 9.59 Å². The number of fused-ring (bicyclic) bond motifs is 3. The molecule has 0 unspecified atom stereocenters. The zero-order valence-corrected chi connectivity index (χ0v) is 14.9. The van der Waals surface area contributed by atoms with E-state index in [4.69, 9.17) is 4.74 Å². The summed E-state index contributed by atoms with van der Waals surface area (Å²) >= 11 is 0. The number of carboxylic acids is 1. The van der Waals surface area contributed by atoms with Crippen molar-refractivity contribution in [1.82, 2.24) is 5.32 Å². The number of benzene rings is 2. The van der Waals surface area contributed by atoms with E-state index in [1.165, 1.54) is 0 Å². The number of carbonyl (C=O) groups excluding carboxylic acids is 1. The number of nitrogens with one attached hydrogen (secondary N) is 1. The largest absolute Gasteiger partial charge is 0.479 e. The minimum Gasteiger partial charge on any atom is -0.479 e. The first-order chi connectivity index (χ1) is 12.8. The van der Waals surface area contributed by atoms with Gasteiger partial charge in [0, 0.05) is 18.8 Å². The molecular weight excluding hydrogens is 346 g/mol. The summed E-state index contributed by atoms with van der Waals surface area (Å²) in [7, 11) is 0. The molecular formula is C21H21NO5. The first-order valence-corrected chi connectivity index (χ1v) is 8.90. The summed E-state index contributed by atoms with van der Waals surface area (Å²) in [6, 6.07) is 16.0. The Bertz CT molecular complexity index is 867. The highest BCUT2D eigenvalue weighted by Crippen LogP contribution is 2.45. The molecule has 2 aliphatic carbocycles. The van der Waals surface area contributed by atoms with Gasteiger partial charge in [-0.2, -0.15) is 0 Å². The summed E-state index contributed by atoms with van der Waals surface area (Å²) in [5.74, 6) is -1.25. The van der Waals surface area contributed by atoms with Gasteiger partial charge in [-0.3, -0.25) is 0 Å². The van der Waals surface area contributed by atoms with Gasteiger partial charge in [0.25, 0.3) is 0 Å². The van der Waals surface area contributed by atoms with Crippen LogP contribution in [-0.4, -0.2) is 40.0 Å². The fraction of sp³-hybridized carbons (Fsp3) is 0.333. The Labute approximate surface area is 156 Å². The Morgan fingerprint density at radius 1 is 1.07 bits per heavy atom. The molecule has 140 valence electrons. The molecule has 2 aromatic carbocycles. The van der Waals surface area contributed by atoms with Crippen LogP contribution in [0.3, 0.4) is 0 Å². The monoisotopic (exact) mass is 367 g/mol. The third-order valence-electron chi connectivity index (χ3n) is 5.46. The number of hydrogen-bond donors (Lipinski definition) is 3. The summed E-state index contributed by atoms with van der Waals surface area (Å²) in [5, 5.41) is 21.7. The van der Waals surface area contributed by atoms with Crippen molar-refractivity contribution in [2.24, 2.45) is 0 Å². The molecule has 0 radical (unpaired) electrons. The van der Waals surface area contributed by atoms with E-state index in [0.717, 1.165) is 22.3 Å². The molecule has 6 nitrogen and oxygen atoms in total. The van der Waals surface area contributed by atoms with E-state index in [-0.39, 0.29) is 25.4 Å². The average molecular weight is 367 g/mol. The van der Waals surface area contributed by atoms with Gasteiger partial charge in [-0.1, -0.05) is 48.5 Å². The first-order valence-electron chi connectivity index (χ1n) is 8.90. The van der Waals surface area contributed by atoms with Crippen molar-refractivity contribution in [2.45, 2.75) is 36.8 Å². The van der Waals surface area contributed by atoms with Crippen LogP contribution in [0, 0.1) is 0 Å². The molecule has 1 saturated carbocycles. The van der Waals surface area contributed by atoms with Crippen molar-refractivity contribution in [2.75, 3.05) is 6.61 Å². The smallest absolute Gasteiger partial charge is 0.408 e. The van der Waals surface area contributed by atoms with E-state index >= 15 is 0 Å². The fourth-order valence-electron chi connectivity index (χ4n) is 4.37. The first kappa shape index (κ1) is 17.5. The van der Waals surface area contributed by atoms with Crippen LogP contribution in [0.4, 0.5) is 4.79 Å². The maximum Gasteiger partial charge on any atom is 0.408 e. The van der Waals surface area contributed by atoms with Crippen molar-refractivity contribution < 1.29 is 24.5 Å². The lowest BCUT2D eigenvalue weighted by molar-refractivity contribution is -0.164. The number of carbonyl (C=O) groups is 2. The van der Waals surface area contributed by atoms with Gasteiger partial charge < -0.3 is 20.3 Å². The van der Waals surface area contributed by atoms with Gasteiger partial charge in [0.1, 0.15) is 12.1 Å². The normalized spacial score (nSPS) is 25.9. The van der Waals surface area contributed by atoms with Crippen molar-refractivity contribution in [3.63, 3.8) is 0 Å². The van der Waals surface area contributed by atoms with E-state index < -0.39 is 23.2 Å². The Kier molecular flexibility index (Phi) is 3.96. The third-order valence-corrected chi connectivity index (χ3v) is 5.46. The van der Waals surface area contributed by atoms with E-state index in [2.05, 4.69) is 5.32 Å². The van der Waals surface area contributed by atoms with Crippen molar-refractivity contribution in [3.05, 3.63) is 59.7 Å². The van der Waals surface area contributed by atoms with Crippen LogP contribution >= 0.6 is 0 Å². The summed E-state index contributed by atoms with van der Waals surface area (Å²) in [4.78, 5) is 23.8. The van der Waals surface area contributed by atoms with Crippen LogP contribution < -0.4 is 5.32 Å². The van der Waals surface area contributed by atoms with E-state index in [1.807, 2.05) is 48.5 Å². The number of rotatable bonds is 4. The molecule has 0 aliphatic heterocycles. The van der Waals surface area contributed by atoms with E-state index in [0.29, 0.717) is 0 Å². The van der Waals surface area contributed by atoms with Crippen LogP contribution in [0.25, 0.3) is 11.1 Å². The lowest BCUT2D eigenvalue weighted by Gasteiger charge is -2.48. The van der Waals surface area contributed by atoms with Gasteiger partial charge in [0.2, 0.25) is 0 Å². The number of hydrogen-bond acceptors (Lipinski definition) is 4. The highest BCUT2D eigenvalue weighted by Gasteiger charge is 2.57. The predicted octanol–water partition coefficient (Wildman–Crippen LogP) is 2.89. The number of aliphatic carboxylic acids is 1. The molecule has 2 aliphatic rings. The molecule has 0 aromatic heterocycles. The number of amides is 1. The van der Waals surface area contributed by atoms with Crippen LogP contribution in [0.1, 0.15) is 36.8 Å². The lowest BCUT2D eigenvalue weighted by Crippen LogP contribution is -2.68. The minimum absolute atomic E-state index is 0.0421. The number of carboxylic acid groups (broad SMARTS) is 1. The second-order valence-corrected chi connectivity index (χ2v) is 7.69. The summed E-state index contributed by atoms with van der Waals surface area (Å²) in [5.41, 5.74) is 1.87. The number of aliphatic hydroxyl groups is 1. The van der Waals surface area contributed by atoms with Crippen LogP contribution in [-0.2, 0) is 9.53 Å². The molecule has 1 amide bonds. The Morgan fingerprint density at radius 3 is 2.07 bits per heavy atom. The quantitative estimate of drug-likeness (QED) is 0.772. The molecule has 0 heterocycles. The highest BCUT2D eigenvalue weighted by atomic mass is 16.5. The van der Waals surface area contributed by atoms with Crippen molar-refractivity contribution in [1.29, 1.82) is 0 Å². The molecule has 6 heteroatoms. The summed E-state index contributed by atoms with van der Waals surface area (Å²) in [6.07, 6.45) is -0.867. The third kappa shape index (κ3) is 2.96. The minimum atomic E-state index is -1.47. The Balaban J connectivity index is 1.48. The van der Waals surface area contributed by atoms with E-state index in [1.54, 1.807) is 6.92 Å². The molecule has 27 heavy (non-hydrogen) atoms. The van der Waals surface area contributed by atoms with Gasteiger partial charge in [-0.15, -0.1) is 0 Å². The molecule has 1 fully saturated rings. The average Bonchev–Trinajstić information content (AvgIpc) is 2.92. The Hall–Kier alpha value is -2.86. The SMILES string of the molecule is CC1(O)CC(NC(=O)OCC2c3ccccc3-c3ccccc32)(C(=O)O)C1. The van der Waals surface area contributed by atoms with Gasteiger partial charge in [-0.05, 0) is 29.2 Å². The van der Waals surface area contributed by atoms with Gasteiger partial charge >= 0.3 is 12.1 Å². The van der Waals surface area contributed by atoms with Crippen LogP contribution in [0.15, 0.2) is 48.5 Å². The zero-order valence-electron chi connectivity index (χ0n) is 14.9. The van der Waals surface area contributed by atoms with Crippen LogP contribution in [0.2, 0.25) is 0 Å². The van der Waals surface area contributed by atoms with E-state index in [9.17, 15) is 19.8 Å². The highest BCUT2D eigenvalue weighted by molar-refractivity contribution is 5.86. The van der Waals surface area contributed by atoms with Gasteiger partial charge in [0.15, 0.2) is 0 Å². The molecule has 0 spiro atoms. The zero-order chi connectivity index (χ0) is 19.2. The van der Waals surface area contributed by atoms with Gasteiger partial charge in [0.05, 0.1) is 5.60 Å². The number of ether oxygens (including phenoxy) is 1. The topological polar surface area (TPSA) is 95.9 Å². The van der Waals surface area contributed by atoms with Crippen LogP contribution in [0.5, 0.6) is 0 Å². The molecule has 0 saturated heterocycles. The standard InChI is InChI=1S/C21H21NO5/c1-20(26)11-21(12-20,18(23)24)22-19(25)27-10-17-15-8-4-2-6-13(15)14-7-3-5-9-16(14)17/h2-9,17,26H,10-12H2,1H3,(H,22,25)(H,23,24). The molecule has 0 bridgehead atoms. The fourth-order valence-corrected chi connectivity index (χ4v) is 4.37. The second-order valence-electron chi connectivity index (χ2n) is 7.69. The summed E-state index contributed by atoms with van der Waals surface area (Å²) < 4.78 is 5.39. The number of alkyl carbamates (subject to hydrolysis) is 1. The predicted molar refractivity (Wildman–Crippen MR) is 98.4 cm³/mol. The maximum atomic E-state index is 12.3. The lowest BCUT2D eigenvalue weighted by atomic mass is 9.66. The Morgan fingerprint density at radius 2 is 1.59 bits per heavy atom. The summed E-state index contributed by atoms with van der Waals surface area (Å²) in [6.45, 7) is 1.67. The van der Waals surface area contributed by atoms with Crippen molar-refractivity contribution in [3.8, 4) is 11.1 Å². The second kappa shape index (κ2) is 6.09. The molecule has 4 rings (SSSR count). The maximum absolute atomic E-state index is 12.3. The molecule has 2 aromatic rings. The van der Waals surface area contributed by atoms with Crippen molar-refractivity contribution >= 4 is 12.1 Å².